The number of ether oxygens (including phenoxy) is 1. The van der Waals surface area contributed by atoms with E-state index in [1.165, 1.54) is 0 Å². The summed E-state index contributed by atoms with van der Waals surface area (Å²) < 4.78 is 5.53. The number of nitriles is 1. The monoisotopic (exact) mass is 345 g/mol. The van der Waals surface area contributed by atoms with Crippen LogP contribution < -0.4 is 0 Å². The molecular formula is C11H9Br2NO2. The molecule has 0 heterocycles. The fraction of sp³-hybridized carbons (Fsp3) is 0.273. The summed E-state index contributed by atoms with van der Waals surface area (Å²) in [7, 11) is 0. The molecule has 0 aliphatic rings. The Morgan fingerprint density at radius 3 is 2.75 bits per heavy atom. The minimum Gasteiger partial charge on any atom is -0.462 e. The van der Waals surface area contributed by atoms with Crippen LogP contribution in [0.1, 0.15) is 28.4 Å². The lowest BCUT2D eigenvalue weighted by Gasteiger charge is -2.08. The van der Waals surface area contributed by atoms with Gasteiger partial charge in [0.1, 0.15) is 0 Å². The highest BCUT2D eigenvalue weighted by Gasteiger charge is 2.16. The Labute approximate surface area is 111 Å². The van der Waals surface area contributed by atoms with Gasteiger partial charge < -0.3 is 4.74 Å². The number of carbonyl (C=O) groups excluding carboxylic acids is 1. The van der Waals surface area contributed by atoms with Gasteiger partial charge in [-0.2, -0.15) is 5.26 Å². The highest BCUT2D eigenvalue weighted by atomic mass is 79.9. The highest BCUT2D eigenvalue weighted by molar-refractivity contribution is 9.10. The van der Waals surface area contributed by atoms with Crippen LogP contribution in [0, 0.1) is 11.3 Å². The van der Waals surface area contributed by atoms with Crippen LogP contribution in [0.5, 0.6) is 0 Å². The standard InChI is InChI=1S/C11H9Br2NO2/c1-2-16-11(15)8-4-3-7(6-14)9(5-12)10(8)13/h3-4H,2,5H2,1H3. The fourth-order valence-corrected chi connectivity index (χ4v) is 2.83. The van der Waals surface area contributed by atoms with Crippen molar-refractivity contribution in [3.63, 3.8) is 0 Å². The third-order valence-corrected chi connectivity index (χ3v) is 3.46. The van der Waals surface area contributed by atoms with Crippen molar-refractivity contribution in [2.24, 2.45) is 0 Å². The number of rotatable bonds is 3. The molecule has 1 aromatic carbocycles. The average molecular weight is 347 g/mol. The molecule has 5 heteroatoms. The molecule has 1 rings (SSSR count). The third kappa shape index (κ3) is 2.63. The Morgan fingerprint density at radius 2 is 2.25 bits per heavy atom. The first-order valence-corrected chi connectivity index (χ1v) is 6.51. The summed E-state index contributed by atoms with van der Waals surface area (Å²) in [6.45, 7) is 2.08. The second-order valence-electron chi connectivity index (χ2n) is 2.92. The Bertz CT molecular complexity index is 452. The van der Waals surface area contributed by atoms with E-state index in [1.807, 2.05) is 0 Å². The smallest absolute Gasteiger partial charge is 0.339 e. The van der Waals surface area contributed by atoms with Gasteiger partial charge in [-0.1, -0.05) is 15.9 Å². The summed E-state index contributed by atoms with van der Waals surface area (Å²) in [5.41, 5.74) is 1.74. The summed E-state index contributed by atoms with van der Waals surface area (Å²) in [5, 5.41) is 9.40. The maximum Gasteiger partial charge on any atom is 0.339 e. The molecule has 16 heavy (non-hydrogen) atoms. The second-order valence-corrected chi connectivity index (χ2v) is 4.27. The first-order chi connectivity index (χ1) is 7.65. The normalized spacial score (nSPS) is 9.62. The minimum atomic E-state index is -0.388. The lowest BCUT2D eigenvalue weighted by Crippen LogP contribution is -2.07. The van der Waals surface area contributed by atoms with Gasteiger partial charge in [-0.15, -0.1) is 0 Å². The number of alkyl halides is 1. The van der Waals surface area contributed by atoms with Crippen LogP contribution in [-0.2, 0) is 10.1 Å². The van der Waals surface area contributed by atoms with E-state index in [0.717, 1.165) is 5.56 Å². The van der Waals surface area contributed by atoms with E-state index < -0.39 is 0 Å². The summed E-state index contributed by atoms with van der Waals surface area (Å²) in [4.78, 5) is 11.6. The Kier molecular flexibility index (Phi) is 4.97. The highest BCUT2D eigenvalue weighted by Crippen LogP contribution is 2.27. The number of esters is 1. The number of halogens is 2. The van der Waals surface area contributed by atoms with Crippen molar-refractivity contribution in [1.82, 2.24) is 0 Å². The van der Waals surface area contributed by atoms with E-state index in [1.54, 1.807) is 19.1 Å². The summed E-state index contributed by atoms with van der Waals surface area (Å²) in [6, 6.07) is 5.28. The Morgan fingerprint density at radius 1 is 1.56 bits per heavy atom. The Hall–Kier alpha value is -0.860. The van der Waals surface area contributed by atoms with Crippen molar-refractivity contribution >= 4 is 37.8 Å². The quantitative estimate of drug-likeness (QED) is 0.622. The zero-order valence-corrected chi connectivity index (χ0v) is 11.8. The van der Waals surface area contributed by atoms with Crippen LogP contribution in [0.15, 0.2) is 16.6 Å². The molecule has 0 fully saturated rings. The number of benzene rings is 1. The lowest BCUT2D eigenvalue weighted by molar-refractivity contribution is 0.0525. The maximum absolute atomic E-state index is 11.6. The molecule has 0 aromatic heterocycles. The van der Waals surface area contributed by atoms with Crippen LogP contribution in [-0.4, -0.2) is 12.6 Å². The Balaban J connectivity index is 3.25. The van der Waals surface area contributed by atoms with Crippen molar-refractivity contribution in [3.05, 3.63) is 33.3 Å². The van der Waals surface area contributed by atoms with Crippen LogP contribution in [0.25, 0.3) is 0 Å². The lowest BCUT2D eigenvalue weighted by atomic mass is 10.1. The number of carbonyl (C=O) groups is 1. The van der Waals surface area contributed by atoms with E-state index in [4.69, 9.17) is 10.00 Å². The van der Waals surface area contributed by atoms with Crippen molar-refractivity contribution in [3.8, 4) is 6.07 Å². The zero-order valence-electron chi connectivity index (χ0n) is 8.59. The molecule has 1 aromatic rings. The van der Waals surface area contributed by atoms with Gasteiger partial charge in [0.2, 0.25) is 0 Å². The van der Waals surface area contributed by atoms with E-state index in [-0.39, 0.29) is 5.97 Å². The van der Waals surface area contributed by atoms with Crippen LogP contribution in [0.4, 0.5) is 0 Å². The first kappa shape index (κ1) is 13.2. The zero-order chi connectivity index (χ0) is 12.1. The minimum absolute atomic E-state index is 0.328. The molecule has 0 aliphatic carbocycles. The van der Waals surface area contributed by atoms with Crippen molar-refractivity contribution < 1.29 is 9.53 Å². The van der Waals surface area contributed by atoms with Crippen LogP contribution >= 0.6 is 31.9 Å². The largest absolute Gasteiger partial charge is 0.462 e. The van der Waals surface area contributed by atoms with Crippen LogP contribution in [0.2, 0.25) is 0 Å². The molecule has 0 saturated carbocycles. The number of nitrogens with zero attached hydrogens (tertiary/aromatic N) is 1. The molecule has 0 unspecified atom stereocenters. The molecule has 0 bridgehead atoms. The topological polar surface area (TPSA) is 50.1 Å². The third-order valence-electron chi connectivity index (χ3n) is 1.99. The van der Waals surface area contributed by atoms with Gasteiger partial charge in [0.05, 0.1) is 23.8 Å². The van der Waals surface area contributed by atoms with Gasteiger partial charge in [0, 0.05) is 9.80 Å². The van der Waals surface area contributed by atoms with Crippen LogP contribution in [0.3, 0.4) is 0 Å². The predicted molar refractivity (Wildman–Crippen MR) is 67.4 cm³/mol. The van der Waals surface area contributed by atoms with Crippen molar-refractivity contribution in [2.45, 2.75) is 12.3 Å². The molecule has 84 valence electrons. The molecule has 3 nitrogen and oxygen atoms in total. The summed E-state index contributed by atoms with van der Waals surface area (Å²) in [5.74, 6) is -0.388. The molecule has 0 N–H and O–H groups in total. The van der Waals surface area contributed by atoms with E-state index in [2.05, 4.69) is 37.9 Å². The van der Waals surface area contributed by atoms with Gasteiger partial charge in [-0.3, -0.25) is 0 Å². The van der Waals surface area contributed by atoms with Gasteiger partial charge >= 0.3 is 5.97 Å². The molecule has 0 aliphatic heterocycles. The molecular weight excluding hydrogens is 338 g/mol. The molecule has 0 saturated heterocycles. The molecule has 0 spiro atoms. The number of hydrogen-bond acceptors (Lipinski definition) is 3. The van der Waals surface area contributed by atoms with Gasteiger partial charge in [0.15, 0.2) is 0 Å². The summed E-state index contributed by atoms with van der Waals surface area (Å²) in [6.07, 6.45) is 0. The second kappa shape index (κ2) is 6.02. The molecule has 0 atom stereocenters. The molecule has 0 radical (unpaired) electrons. The van der Waals surface area contributed by atoms with Gasteiger partial charge in [-0.05, 0) is 40.5 Å². The van der Waals surface area contributed by atoms with E-state index >= 15 is 0 Å². The van der Waals surface area contributed by atoms with Gasteiger partial charge in [0.25, 0.3) is 0 Å². The summed E-state index contributed by atoms with van der Waals surface area (Å²) >= 11 is 6.61. The number of hydrogen-bond donors (Lipinski definition) is 0. The van der Waals surface area contributed by atoms with Crippen molar-refractivity contribution in [1.29, 1.82) is 5.26 Å². The van der Waals surface area contributed by atoms with Crippen molar-refractivity contribution in [2.75, 3.05) is 6.61 Å². The van der Waals surface area contributed by atoms with E-state index in [0.29, 0.717) is 27.5 Å². The average Bonchev–Trinajstić information content (AvgIpc) is 2.28. The molecule has 0 amide bonds. The van der Waals surface area contributed by atoms with E-state index in [9.17, 15) is 4.79 Å². The van der Waals surface area contributed by atoms with Gasteiger partial charge in [-0.25, -0.2) is 4.79 Å². The predicted octanol–water partition coefficient (Wildman–Crippen LogP) is 3.39. The fourth-order valence-electron chi connectivity index (χ4n) is 1.22. The first-order valence-electron chi connectivity index (χ1n) is 4.60. The maximum atomic E-state index is 11.6. The SMILES string of the molecule is CCOC(=O)c1ccc(C#N)c(CBr)c1Br.